The first-order valence-electron chi connectivity index (χ1n) is 5.34. The number of hydrogen-bond acceptors (Lipinski definition) is 4. The third kappa shape index (κ3) is 5.32. The van der Waals surface area contributed by atoms with Gasteiger partial charge in [-0.05, 0) is 19.1 Å². The summed E-state index contributed by atoms with van der Waals surface area (Å²) >= 11 is 0. The fraction of sp³-hybridized carbons (Fsp3) is 0.154. The van der Waals surface area contributed by atoms with Gasteiger partial charge in [-0.25, -0.2) is 14.4 Å². The number of aliphatic hydroxyl groups is 1. The molecule has 20 heavy (non-hydrogen) atoms. The Morgan fingerprint density at radius 1 is 1.00 bits per heavy atom. The van der Waals surface area contributed by atoms with Crippen LogP contribution in [-0.2, 0) is 4.79 Å². The van der Waals surface area contributed by atoms with Crippen LogP contribution in [0.5, 0.6) is 0 Å². The van der Waals surface area contributed by atoms with E-state index >= 15 is 0 Å². The van der Waals surface area contributed by atoms with Crippen LogP contribution < -0.4 is 0 Å². The Bertz CT molecular complexity index is 498. The van der Waals surface area contributed by atoms with Gasteiger partial charge >= 0.3 is 17.9 Å². The number of benzene rings is 1. The van der Waals surface area contributed by atoms with Crippen LogP contribution in [0.3, 0.4) is 0 Å². The second-order valence-electron chi connectivity index (χ2n) is 3.66. The van der Waals surface area contributed by atoms with Crippen molar-refractivity contribution in [3.8, 4) is 0 Å². The minimum atomic E-state index is -1.23. The Morgan fingerprint density at radius 3 is 1.50 bits per heavy atom. The van der Waals surface area contributed by atoms with Gasteiger partial charge in [-0.1, -0.05) is 18.7 Å². The number of hydrogen-bond donors (Lipinski definition) is 4. The first-order valence-corrected chi connectivity index (χ1v) is 5.34. The number of rotatable bonds is 4. The van der Waals surface area contributed by atoms with Gasteiger partial charge < -0.3 is 20.4 Å². The fourth-order valence-electron chi connectivity index (χ4n) is 1.03. The molecule has 1 aromatic rings. The van der Waals surface area contributed by atoms with Crippen molar-refractivity contribution >= 4 is 17.9 Å². The summed E-state index contributed by atoms with van der Waals surface area (Å²) in [6.07, 6.45) is -0.951. The van der Waals surface area contributed by atoms with Crippen molar-refractivity contribution in [3.63, 3.8) is 0 Å². The van der Waals surface area contributed by atoms with Gasteiger partial charge in [0.05, 0.1) is 22.8 Å². The highest BCUT2D eigenvalue weighted by molar-refractivity contribution is 6.01. The lowest BCUT2D eigenvalue weighted by atomic mass is 10.1. The molecule has 0 saturated heterocycles. The summed E-state index contributed by atoms with van der Waals surface area (Å²) in [7, 11) is 0. The molecule has 4 N–H and O–H groups in total. The van der Waals surface area contributed by atoms with Crippen LogP contribution in [0.2, 0.25) is 0 Å². The van der Waals surface area contributed by atoms with Gasteiger partial charge in [-0.2, -0.15) is 0 Å². The Balaban J connectivity index is 0.000000396. The van der Waals surface area contributed by atoms with E-state index in [-0.39, 0.29) is 16.7 Å². The van der Waals surface area contributed by atoms with Gasteiger partial charge in [0.1, 0.15) is 0 Å². The molecule has 0 aliphatic carbocycles. The number of carboxylic acids is 3. The third-order valence-electron chi connectivity index (χ3n) is 2.17. The van der Waals surface area contributed by atoms with Crippen LogP contribution >= 0.6 is 0 Å². The first-order chi connectivity index (χ1) is 9.18. The summed E-state index contributed by atoms with van der Waals surface area (Å²) < 4.78 is 0. The average Bonchev–Trinajstić information content (AvgIpc) is 2.38. The van der Waals surface area contributed by atoms with E-state index in [0.717, 1.165) is 0 Å². The van der Waals surface area contributed by atoms with Crippen molar-refractivity contribution in [2.75, 3.05) is 0 Å². The molecule has 1 unspecified atom stereocenters. The average molecular weight is 282 g/mol. The van der Waals surface area contributed by atoms with E-state index in [1.165, 1.54) is 31.2 Å². The molecule has 0 radical (unpaired) electrons. The molecule has 0 aromatic heterocycles. The Labute approximate surface area is 114 Å². The molecule has 0 saturated carbocycles. The fourth-order valence-corrected chi connectivity index (χ4v) is 1.03. The quantitative estimate of drug-likeness (QED) is 0.607. The maximum absolute atomic E-state index is 10.5. The molecule has 0 aliphatic rings. The third-order valence-corrected chi connectivity index (χ3v) is 2.17. The molecule has 1 rings (SSSR count). The first kappa shape index (κ1) is 17.3. The monoisotopic (exact) mass is 282 g/mol. The second kappa shape index (κ2) is 7.70. The van der Waals surface area contributed by atoms with Crippen molar-refractivity contribution in [1.82, 2.24) is 0 Å². The number of carboxylic acid groups (broad SMARTS) is 3. The van der Waals surface area contributed by atoms with Crippen molar-refractivity contribution in [2.45, 2.75) is 13.0 Å². The summed E-state index contributed by atoms with van der Waals surface area (Å²) in [5.74, 6) is -3.61. The molecule has 7 heteroatoms. The molecule has 0 fully saturated rings. The Kier molecular flexibility index (Phi) is 6.67. The lowest BCUT2D eigenvalue weighted by Gasteiger charge is -1.99. The number of aromatic carboxylic acids is 2. The van der Waals surface area contributed by atoms with Crippen LogP contribution in [0.15, 0.2) is 36.4 Å². The van der Waals surface area contributed by atoms with Crippen LogP contribution in [-0.4, -0.2) is 44.4 Å². The normalized spacial score (nSPS) is 10.7. The standard InChI is InChI=1S/C8H6O4.C5H8O3/c9-7(10)5-3-1-2-4-6(5)8(11)12;1-3(4(2)6)5(7)8/h1-4H,(H,9,10)(H,11,12);4,6H,1H2,2H3,(H,7,8). The zero-order chi connectivity index (χ0) is 15.9. The van der Waals surface area contributed by atoms with Gasteiger partial charge in [0, 0.05) is 0 Å². The van der Waals surface area contributed by atoms with E-state index in [9.17, 15) is 14.4 Å². The lowest BCUT2D eigenvalue weighted by Crippen LogP contribution is -2.11. The van der Waals surface area contributed by atoms with Crippen LogP contribution in [0.25, 0.3) is 0 Å². The molecule has 0 spiro atoms. The maximum Gasteiger partial charge on any atom is 0.336 e. The predicted octanol–water partition coefficient (Wildman–Crippen LogP) is 1.09. The second-order valence-corrected chi connectivity index (χ2v) is 3.66. The SMILES string of the molecule is C=C(C(=O)O)C(C)O.O=C(O)c1ccccc1C(=O)O. The molecular formula is C13H14O7. The lowest BCUT2D eigenvalue weighted by molar-refractivity contribution is -0.133. The predicted molar refractivity (Wildman–Crippen MR) is 68.8 cm³/mol. The maximum atomic E-state index is 10.5. The summed E-state index contributed by atoms with van der Waals surface area (Å²) in [6, 6.07) is 5.48. The Morgan fingerprint density at radius 2 is 1.35 bits per heavy atom. The van der Waals surface area contributed by atoms with Crippen molar-refractivity contribution in [3.05, 3.63) is 47.5 Å². The minimum absolute atomic E-state index is 0.176. The summed E-state index contributed by atoms with van der Waals surface area (Å²) in [6.45, 7) is 4.46. The van der Waals surface area contributed by atoms with Crippen LogP contribution in [0, 0.1) is 0 Å². The van der Waals surface area contributed by atoms with E-state index in [4.69, 9.17) is 20.4 Å². The van der Waals surface area contributed by atoms with Gasteiger partial charge in [0.2, 0.25) is 0 Å². The summed E-state index contributed by atoms with van der Waals surface area (Å²) in [5, 5.41) is 33.7. The van der Waals surface area contributed by atoms with E-state index in [1.54, 1.807) is 0 Å². The Hall–Kier alpha value is -2.67. The van der Waals surface area contributed by atoms with Crippen molar-refractivity contribution in [1.29, 1.82) is 0 Å². The zero-order valence-electron chi connectivity index (χ0n) is 10.6. The molecule has 0 aliphatic heterocycles. The van der Waals surface area contributed by atoms with Crippen LogP contribution in [0.4, 0.5) is 0 Å². The van der Waals surface area contributed by atoms with E-state index < -0.39 is 24.0 Å². The smallest absolute Gasteiger partial charge is 0.336 e. The highest BCUT2D eigenvalue weighted by atomic mass is 16.4. The van der Waals surface area contributed by atoms with Crippen molar-refractivity contribution in [2.24, 2.45) is 0 Å². The summed E-state index contributed by atoms with van der Waals surface area (Å²) in [4.78, 5) is 30.8. The molecule has 108 valence electrons. The molecule has 0 heterocycles. The molecule has 7 nitrogen and oxygen atoms in total. The summed E-state index contributed by atoms with van der Waals surface area (Å²) in [5.41, 5.74) is -0.556. The number of aliphatic hydroxyl groups excluding tert-OH is 1. The molecular weight excluding hydrogens is 268 g/mol. The topological polar surface area (TPSA) is 132 Å². The van der Waals surface area contributed by atoms with E-state index in [0.29, 0.717) is 0 Å². The molecule has 1 aromatic carbocycles. The van der Waals surface area contributed by atoms with E-state index in [1.807, 2.05) is 0 Å². The van der Waals surface area contributed by atoms with E-state index in [2.05, 4.69) is 6.58 Å². The highest BCUT2D eigenvalue weighted by Crippen LogP contribution is 2.07. The molecule has 1 atom stereocenters. The minimum Gasteiger partial charge on any atom is -0.478 e. The number of carbonyl (C=O) groups is 3. The van der Waals surface area contributed by atoms with Crippen molar-refractivity contribution < 1.29 is 34.8 Å². The molecule has 0 amide bonds. The van der Waals surface area contributed by atoms with Gasteiger partial charge in [-0.3, -0.25) is 0 Å². The highest BCUT2D eigenvalue weighted by Gasteiger charge is 2.13. The van der Waals surface area contributed by atoms with Gasteiger partial charge in [0.25, 0.3) is 0 Å². The van der Waals surface area contributed by atoms with Crippen LogP contribution in [0.1, 0.15) is 27.6 Å². The largest absolute Gasteiger partial charge is 0.478 e. The number of aliphatic carboxylic acids is 1. The molecule has 0 bridgehead atoms. The van der Waals surface area contributed by atoms with Gasteiger partial charge in [0.15, 0.2) is 0 Å². The van der Waals surface area contributed by atoms with Gasteiger partial charge in [-0.15, -0.1) is 0 Å². The zero-order valence-corrected chi connectivity index (χ0v) is 10.6.